The summed E-state index contributed by atoms with van der Waals surface area (Å²) in [6.45, 7) is 3.07. The van der Waals surface area contributed by atoms with Gasteiger partial charge in [0.1, 0.15) is 17.9 Å². The van der Waals surface area contributed by atoms with E-state index in [9.17, 15) is 14.9 Å². The number of aromatic nitrogens is 2. The van der Waals surface area contributed by atoms with Gasteiger partial charge in [0.2, 0.25) is 0 Å². The van der Waals surface area contributed by atoms with Crippen molar-refractivity contribution < 1.29 is 14.5 Å². The van der Waals surface area contributed by atoms with Crippen LogP contribution in [0.4, 0.5) is 11.5 Å². The first-order valence-electron chi connectivity index (χ1n) is 11.3. The van der Waals surface area contributed by atoms with Gasteiger partial charge >= 0.3 is 0 Å². The molecule has 0 amide bonds. The van der Waals surface area contributed by atoms with Gasteiger partial charge < -0.3 is 9.64 Å². The molecule has 172 valence electrons. The molecule has 2 aromatic carbocycles. The third-order valence-corrected chi connectivity index (χ3v) is 6.21. The van der Waals surface area contributed by atoms with Gasteiger partial charge in [0.15, 0.2) is 0 Å². The van der Waals surface area contributed by atoms with E-state index in [1.807, 2.05) is 24.3 Å². The quantitative estimate of drug-likeness (QED) is 0.395. The Balaban J connectivity index is 1.25. The zero-order valence-corrected chi connectivity index (χ0v) is 18.6. The number of allylic oxidation sites excluding steroid dienone is 1. The highest BCUT2D eigenvalue weighted by Gasteiger charge is 2.23. The molecule has 5 rings (SSSR count). The van der Waals surface area contributed by atoms with Crippen LogP contribution in [0.25, 0.3) is 11.6 Å². The molecule has 3 aromatic rings. The van der Waals surface area contributed by atoms with Crippen molar-refractivity contribution in [3.63, 3.8) is 0 Å². The van der Waals surface area contributed by atoms with E-state index in [2.05, 4.69) is 20.9 Å². The number of Topliss-reactive ketones (excluding diaryl/α,β-unsaturated/α-hetero) is 1. The van der Waals surface area contributed by atoms with Crippen LogP contribution < -0.4 is 4.90 Å². The number of rotatable bonds is 7. The second-order valence-corrected chi connectivity index (χ2v) is 8.52. The molecule has 0 unspecified atom stereocenters. The SMILES string of the molecule is O=C(Cc1ccc(C2=Cc3c(ncnc3N3CCOCC3)C2)cc1)Cc1ccc([N+](=O)[O-])cc1. The molecule has 2 heterocycles. The molecule has 1 aromatic heterocycles. The summed E-state index contributed by atoms with van der Waals surface area (Å²) in [5.74, 6) is 1.04. The lowest BCUT2D eigenvalue weighted by Crippen LogP contribution is -2.37. The molecule has 0 atom stereocenters. The molecule has 0 radical (unpaired) electrons. The van der Waals surface area contributed by atoms with Gasteiger partial charge in [-0.3, -0.25) is 14.9 Å². The number of nitro benzene ring substituents is 1. The minimum atomic E-state index is -0.443. The first-order chi connectivity index (χ1) is 16.6. The lowest BCUT2D eigenvalue weighted by Gasteiger charge is -2.28. The van der Waals surface area contributed by atoms with E-state index in [1.165, 1.54) is 17.7 Å². The number of anilines is 1. The van der Waals surface area contributed by atoms with Gasteiger partial charge in [-0.05, 0) is 28.3 Å². The van der Waals surface area contributed by atoms with Crippen LogP contribution in [-0.4, -0.2) is 47.0 Å². The minimum Gasteiger partial charge on any atom is -0.378 e. The first kappa shape index (κ1) is 21.9. The van der Waals surface area contributed by atoms with Crippen molar-refractivity contribution in [2.45, 2.75) is 19.3 Å². The molecule has 34 heavy (non-hydrogen) atoms. The number of benzene rings is 2. The van der Waals surface area contributed by atoms with Gasteiger partial charge in [0.05, 0.1) is 23.8 Å². The molecular weight excluding hydrogens is 432 g/mol. The summed E-state index contributed by atoms with van der Waals surface area (Å²) in [5, 5.41) is 10.8. The maximum atomic E-state index is 12.5. The van der Waals surface area contributed by atoms with Gasteiger partial charge in [0, 0.05) is 50.0 Å². The summed E-state index contributed by atoms with van der Waals surface area (Å²) in [7, 11) is 0. The summed E-state index contributed by atoms with van der Waals surface area (Å²) in [6, 6.07) is 14.2. The fraction of sp³-hybridized carbons (Fsp3) is 0.269. The second-order valence-electron chi connectivity index (χ2n) is 8.52. The van der Waals surface area contributed by atoms with Gasteiger partial charge in [-0.15, -0.1) is 0 Å². The molecular formula is C26H24N4O4. The second kappa shape index (κ2) is 9.52. The molecule has 1 aliphatic heterocycles. The van der Waals surface area contributed by atoms with E-state index >= 15 is 0 Å². The van der Waals surface area contributed by atoms with Crippen LogP contribution in [0.1, 0.15) is 27.9 Å². The predicted octanol–water partition coefficient (Wildman–Crippen LogP) is 3.67. The van der Waals surface area contributed by atoms with Crippen LogP contribution in [0.15, 0.2) is 54.9 Å². The van der Waals surface area contributed by atoms with Gasteiger partial charge in [0.25, 0.3) is 5.69 Å². The number of nitro groups is 1. The number of nitrogens with zero attached hydrogens (tertiary/aromatic N) is 4. The van der Waals surface area contributed by atoms with Gasteiger partial charge in [-0.1, -0.05) is 36.4 Å². The molecule has 1 fully saturated rings. The van der Waals surface area contributed by atoms with Crippen LogP contribution >= 0.6 is 0 Å². The molecule has 2 aliphatic rings. The van der Waals surface area contributed by atoms with E-state index in [0.717, 1.165) is 53.3 Å². The minimum absolute atomic E-state index is 0.0261. The van der Waals surface area contributed by atoms with Crippen LogP contribution in [0.3, 0.4) is 0 Å². The molecule has 0 saturated carbocycles. The number of ketones is 1. The number of fused-ring (bicyclic) bond motifs is 1. The molecule has 8 heteroatoms. The van der Waals surface area contributed by atoms with Crippen LogP contribution in [0.2, 0.25) is 0 Å². The van der Waals surface area contributed by atoms with Crippen LogP contribution in [-0.2, 0) is 28.8 Å². The Bertz CT molecular complexity index is 1250. The Kier molecular flexibility index (Phi) is 6.14. The van der Waals surface area contributed by atoms with E-state index < -0.39 is 4.92 Å². The third-order valence-electron chi connectivity index (χ3n) is 6.21. The highest BCUT2D eigenvalue weighted by atomic mass is 16.6. The number of carbonyl (C=O) groups excluding carboxylic acids is 1. The first-order valence-corrected chi connectivity index (χ1v) is 11.3. The maximum Gasteiger partial charge on any atom is 0.269 e. The Morgan fingerprint density at radius 2 is 1.62 bits per heavy atom. The van der Waals surface area contributed by atoms with E-state index in [4.69, 9.17) is 4.74 Å². The maximum absolute atomic E-state index is 12.5. The summed E-state index contributed by atoms with van der Waals surface area (Å²) in [6.07, 6.45) is 5.15. The standard InChI is InChI=1S/C26H24N4O4/c31-23(14-19-3-7-22(8-4-19)30(32)33)13-18-1-5-20(6-2-18)21-15-24-25(16-21)27-17-28-26(24)29-9-11-34-12-10-29/h1-8,15,17H,9-14,16H2. The van der Waals surface area contributed by atoms with Crippen molar-refractivity contribution in [3.05, 3.63) is 92.9 Å². The number of morpholine rings is 1. The summed E-state index contributed by atoms with van der Waals surface area (Å²) >= 11 is 0. The number of hydrogen-bond donors (Lipinski definition) is 0. The van der Waals surface area contributed by atoms with Crippen LogP contribution in [0, 0.1) is 10.1 Å². The topological polar surface area (TPSA) is 98.5 Å². The van der Waals surface area contributed by atoms with Gasteiger partial charge in [-0.25, -0.2) is 9.97 Å². The number of non-ortho nitro benzene ring substituents is 1. The Labute approximate surface area is 197 Å². The lowest BCUT2D eigenvalue weighted by molar-refractivity contribution is -0.384. The normalized spacial score (nSPS) is 15.1. The molecule has 0 N–H and O–H groups in total. The Hall–Kier alpha value is -3.91. The Morgan fingerprint density at radius 3 is 2.26 bits per heavy atom. The van der Waals surface area contributed by atoms with Gasteiger partial charge in [-0.2, -0.15) is 0 Å². The van der Waals surface area contributed by atoms with Crippen molar-refractivity contribution in [1.29, 1.82) is 0 Å². The average Bonchev–Trinajstić information content (AvgIpc) is 3.30. The Morgan fingerprint density at radius 1 is 0.971 bits per heavy atom. The highest BCUT2D eigenvalue weighted by molar-refractivity contribution is 5.91. The monoisotopic (exact) mass is 456 g/mol. The zero-order chi connectivity index (χ0) is 23.5. The lowest BCUT2D eigenvalue weighted by atomic mass is 9.99. The van der Waals surface area contributed by atoms with Crippen LogP contribution in [0.5, 0.6) is 0 Å². The smallest absolute Gasteiger partial charge is 0.269 e. The van der Waals surface area contributed by atoms with Crippen molar-refractivity contribution in [3.8, 4) is 0 Å². The molecule has 8 nitrogen and oxygen atoms in total. The molecule has 0 spiro atoms. The summed E-state index contributed by atoms with van der Waals surface area (Å²) in [5.41, 5.74) is 6.17. The molecule has 1 saturated heterocycles. The zero-order valence-electron chi connectivity index (χ0n) is 18.6. The molecule has 1 aliphatic carbocycles. The molecule has 0 bridgehead atoms. The van der Waals surface area contributed by atoms with E-state index in [-0.39, 0.29) is 17.9 Å². The number of hydrogen-bond acceptors (Lipinski definition) is 7. The largest absolute Gasteiger partial charge is 0.378 e. The predicted molar refractivity (Wildman–Crippen MR) is 129 cm³/mol. The summed E-state index contributed by atoms with van der Waals surface area (Å²) < 4.78 is 5.47. The third kappa shape index (κ3) is 4.72. The average molecular weight is 457 g/mol. The van der Waals surface area contributed by atoms with Crippen molar-refractivity contribution >= 4 is 28.9 Å². The fourth-order valence-electron chi connectivity index (χ4n) is 4.42. The van der Waals surface area contributed by atoms with E-state index in [1.54, 1.807) is 18.5 Å². The van der Waals surface area contributed by atoms with Crippen molar-refractivity contribution in [1.82, 2.24) is 9.97 Å². The summed E-state index contributed by atoms with van der Waals surface area (Å²) in [4.78, 5) is 34.1. The number of ether oxygens (including phenoxy) is 1. The number of carbonyl (C=O) groups is 1. The van der Waals surface area contributed by atoms with E-state index in [0.29, 0.717) is 19.6 Å². The van der Waals surface area contributed by atoms with Crippen molar-refractivity contribution in [2.75, 3.05) is 31.2 Å². The van der Waals surface area contributed by atoms with Crippen molar-refractivity contribution in [2.24, 2.45) is 0 Å². The highest BCUT2D eigenvalue weighted by Crippen LogP contribution is 2.35. The fourth-order valence-corrected chi connectivity index (χ4v) is 4.42.